The first-order chi connectivity index (χ1) is 14.5. The molecule has 0 atom stereocenters. The van der Waals surface area contributed by atoms with E-state index in [-0.39, 0.29) is 18.0 Å². The standard InChI is InChI=1S/C23H21ClN4O2/c1-3-16-7-10-18(11-8-16)28-23(30)19-5-4-12-25-22(19)27(28)14-21(29)26-17-9-6-15(2)20(24)13-17/h4-13H,3,14H2,1-2H3,(H,26,29). The summed E-state index contributed by atoms with van der Waals surface area (Å²) in [6, 6.07) is 16.5. The van der Waals surface area contributed by atoms with Gasteiger partial charge in [0.2, 0.25) is 5.91 Å². The molecule has 0 aliphatic heterocycles. The lowest BCUT2D eigenvalue weighted by molar-refractivity contribution is -0.116. The second-order valence-electron chi connectivity index (χ2n) is 7.08. The summed E-state index contributed by atoms with van der Waals surface area (Å²) in [7, 11) is 0. The topological polar surface area (TPSA) is 68.9 Å². The average Bonchev–Trinajstić information content (AvgIpc) is 3.02. The highest BCUT2D eigenvalue weighted by atomic mass is 35.5. The molecule has 4 aromatic rings. The maximum absolute atomic E-state index is 13.1. The number of hydrogen-bond donors (Lipinski definition) is 1. The minimum atomic E-state index is -0.281. The molecular formula is C23H21ClN4O2. The first-order valence-electron chi connectivity index (χ1n) is 9.70. The quantitative estimate of drug-likeness (QED) is 0.521. The molecule has 2 aromatic carbocycles. The van der Waals surface area contributed by atoms with Crippen molar-refractivity contribution in [2.75, 3.05) is 5.32 Å². The summed E-state index contributed by atoms with van der Waals surface area (Å²) in [5, 5.41) is 3.88. The van der Waals surface area contributed by atoms with Gasteiger partial charge in [-0.15, -0.1) is 0 Å². The third-order valence-corrected chi connectivity index (χ3v) is 5.44. The average molecular weight is 421 g/mol. The molecule has 0 radical (unpaired) electrons. The van der Waals surface area contributed by atoms with Gasteiger partial charge in [0.25, 0.3) is 5.56 Å². The number of rotatable bonds is 5. The molecule has 2 aromatic heterocycles. The Kier molecular flexibility index (Phi) is 5.42. The van der Waals surface area contributed by atoms with Crippen LogP contribution in [0.2, 0.25) is 5.02 Å². The molecule has 0 aliphatic rings. The van der Waals surface area contributed by atoms with E-state index in [1.54, 1.807) is 35.1 Å². The van der Waals surface area contributed by atoms with Crippen LogP contribution in [0.1, 0.15) is 18.1 Å². The Morgan fingerprint density at radius 3 is 2.60 bits per heavy atom. The molecule has 1 N–H and O–H groups in total. The smallest absolute Gasteiger partial charge is 0.280 e. The Labute approximate surface area is 178 Å². The van der Waals surface area contributed by atoms with Crippen molar-refractivity contribution in [1.29, 1.82) is 0 Å². The monoisotopic (exact) mass is 420 g/mol. The minimum absolute atomic E-state index is 0.0726. The molecule has 6 nitrogen and oxygen atoms in total. The van der Waals surface area contributed by atoms with E-state index in [0.717, 1.165) is 12.0 Å². The molecule has 0 unspecified atom stereocenters. The normalized spacial score (nSPS) is 11.0. The fourth-order valence-electron chi connectivity index (χ4n) is 3.37. The second-order valence-corrected chi connectivity index (χ2v) is 7.49. The maximum atomic E-state index is 13.1. The number of pyridine rings is 1. The van der Waals surface area contributed by atoms with Crippen LogP contribution < -0.4 is 10.9 Å². The number of nitrogens with one attached hydrogen (secondary N) is 1. The molecular weight excluding hydrogens is 400 g/mol. The predicted octanol–water partition coefficient (Wildman–Crippen LogP) is 4.35. The summed E-state index contributed by atoms with van der Waals surface area (Å²) in [6.45, 7) is 3.90. The highest BCUT2D eigenvalue weighted by molar-refractivity contribution is 6.31. The molecule has 0 aliphatic carbocycles. The molecule has 0 saturated carbocycles. The SMILES string of the molecule is CCc1ccc(-n2c(=O)c3cccnc3n2CC(=O)Nc2ccc(C)c(Cl)c2)cc1. The Balaban J connectivity index is 1.74. The number of carbonyl (C=O) groups excluding carboxylic acids is 1. The Morgan fingerprint density at radius 2 is 1.90 bits per heavy atom. The number of benzene rings is 2. The minimum Gasteiger partial charge on any atom is -0.324 e. The third-order valence-electron chi connectivity index (χ3n) is 5.03. The highest BCUT2D eigenvalue weighted by Gasteiger charge is 2.18. The number of fused-ring (bicyclic) bond motifs is 1. The molecule has 152 valence electrons. The van der Waals surface area contributed by atoms with E-state index in [1.165, 1.54) is 10.2 Å². The summed E-state index contributed by atoms with van der Waals surface area (Å²) in [5.74, 6) is -0.281. The van der Waals surface area contributed by atoms with Gasteiger partial charge in [-0.3, -0.25) is 14.3 Å². The van der Waals surface area contributed by atoms with Crippen LogP contribution >= 0.6 is 11.6 Å². The number of aromatic nitrogens is 3. The molecule has 0 saturated heterocycles. The summed E-state index contributed by atoms with van der Waals surface area (Å²) in [4.78, 5) is 30.2. The van der Waals surface area contributed by atoms with Crippen LogP contribution in [-0.2, 0) is 17.8 Å². The van der Waals surface area contributed by atoms with E-state index in [4.69, 9.17) is 11.6 Å². The van der Waals surface area contributed by atoms with E-state index in [9.17, 15) is 9.59 Å². The van der Waals surface area contributed by atoms with Gasteiger partial charge in [-0.25, -0.2) is 9.67 Å². The number of carbonyl (C=O) groups is 1. The summed E-state index contributed by atoms with van der Waals surface area (Å²) in [6.07, 6.45) is 2.52. The van der Waals surface area contributed by atoms with Crippen LogP contribution in [0.5, 0.6) is 0 Å². The predicted molar refractivity (Wildman–Crippen MR) is 120 cm³/mol. The first kappa shape index (κ1) is 19.9. The van der Waals surface area contributed by atoms with Crippen molar-refractivity contribution in [3.63, 3.8) is 0 Å². The first-order valence-corrected chi connectivity index (χ1v) is 10.1. The zero-order valence-electron chi connectivity index (χ0n) is 16.7. The second kappa shape index (κ2) is 8.16. The lowest BCUT2D eigenvalue weighted by Crippen LogP contribution is -2.27. The van der Waals surface area contributed by atoms with Gasteiger partial charge in [-0.1, -0.05) is 36.7 Å². The summed E-state index contributed by atoms with van der Waals surface area (Å²) < 4.78 is 3.10. The van der Waals surface area contributed by atoms with Crippen LogP contribution in [0.4, 0.5) is 5.69 Å². The number of anilines is 1. The van der Waals surface area contributed by atoms with E-state index in [1.807, 2.05) is 37.3 Å². The molecule has 0 bridgehead atoms. The zero-order valence-corrected chi connectivity index (χ0v) is 17.5. The van der Waals surface area contributed by atoms with Crippen molar-refractivity contribution in [1.82, 2.24) is 14.3 Å². The molecule has 0 spiro atoms. The highest BCUT2D eigenvalue weighted by Crippen LogP contribution is 2.20. The number of halogens is 1. The van der Waals surface area contributed by atoms with Crippen LogP contribution in [0, 0.1) is 6.92 Å². The lowest BCUT2D eigenvalue weighted by Gasteiger charge is -2.13. The largest absolute Gasteiger partial charge is 0.324 e. The molecule has 2 heterocycles. The number of nitrogens with zero attached hydrogens (tertiary/aromatic N) is 3. The van der Waals surface area contributed by atoms with Crippen molar-refractivity contribution in [2.24, 2.45) is 0 Å². The Bertz CT molecular complexity index is 1290. The molecule has 0 fully saturated rings. The summed E-state index contributed by atoms with van der Waals surface area (Å²) >= 11 is 6.16. The third kappa shape index (κ3) is 3.74. The van der Waals surface area contributed by atoms with Crippen LogP contribution in [0.15, 0.2) is 65.6 Å². The van der Waals surface area contributed by atoms with Crippen LogP contribution in [0.25, 0.3) is 16.7 Å². The van der Waals surface area contributed by atoms with Gasteiger partial charge in [0, 0.05) is 16.9 Å². The van der Waals surface area contributed by atoms with Gasteiger partial charge in [-0.2, -0.15) is 0 Å². The van der Waals surface area contributed by atoms with Crippen molar-refractivity contribution in [3.05, 3.63) is 87.3 Å². The molecule has 30 heavy (non-hydrogen) atoms. The van der Waals surface area contributed by atoms with Gasteiger partial charge in [0.1, 0.15) is 6.54 Å². The number of hydrogen-bond acceptors (Lipinski definition) is 3. The van der Waals surface area contributed by atoms with Gasteiger partial charge in [0.15, 0.2) is 5.65 Å². The van der Waals surface area contributed by atoms with E-state index < -0.39 is 0 Å². The lowest BCUT2D eigenvalue weighted by atomic mass is 10.1. The van der Waals surface area contributed by atoms with Gasteiger partial charge in [0.05, 0.1) is 11.1 Å². The molecule has 1 amide bonds. The van der Waals surface area contributed by atoms with Crippen molar-refractivity contribution in [3.8, 4) is 5.69 Å². The molecule has 4 rings (SSSR count). The molecule has 7 heteroatoms. The van der Waals surface area contributed by atoms with Crippen LogP contribution in [-0.4, -0.2) is 20.3 Å². The van der Waals surface area contributed by atoms with E-state index >= 15 is 0 Å². The van der Waals surface area contributed by atoms with Crippen molar-refractivity contribution < 1.29 is 4.79 Å². The Morgan fingerprint density at radius 1 is 1.13 bits per heavy atom. The van der Waals surface area contributed by atoms with Crippen LogP contribution in [0.3, 0.4) is 0 Å². The fraction of sp³-hybridized carbons (Fsp3) is 0.174. The van der Waals surface area contributed by atoms with E-state index in [0.29, 0.717) is 27.4 Å². The van der Waals surface area contributed by atoms with E-state index in [2.05, 4.69) is 17.2 Å². The van der Waals surface area contributed by atoms with Crippen molar-refractivity contribution >= 4 is 34.2 Å². The number of aryl methyl sites for hydroxylation is 2. The van der Waals surface area contributed by atoms with Gasteiger partial charge >= 0.3 is 0 Å². The van der Waals surface area contributed by atoms with Gasteiger partial charge < -0.3 is 5.32 Å². The van der Waals surface area contributed by atoms with Gasteiger partial charge in [-0.05, 0) is 60.9 Å². The van der Waals surface area contributed by atoms with Crippen molar-refractivity contribution in [2.45, 2.75) is 26.8 Å². The maximum Gasteiger partial charge on any atom is 0.280 e. The number of amides is 1. The Hall–Kier alpha value is -3.38. The fourth-order valence-corrected chi connectivity index (χ4v) is 3.55. The summed E-state index contributed by atoms with van der Waals surface area (Å²) in [5.41, 5.74) is 3.62. The zero-order chi connectivity index (χ0) is 21.3.